The summed E-state index contributed by atoms with van der Waals surface area (Å²) in [6.45, 7) is 5.86. The van der Waals surface area contributed by atoms with Crippen LogP contribution < -0.4 is 20.3 Å². The number of hydrogen-bond acceptors (Lipinski definition) is 6. The number of ether oxygens (including phenoxy) is 1. The van der Waals surface area contributed by atoms with Gasteiger partial charge in [-0.25, -0.2) is 0 Å². The molecule has 2 aromatic carbocycles. The van der Waals surface area contributed by atoms with Crippen LogP contribution in [0.4, 0.5) is 11.4 Å². The maximum atomic E-state index is 13.2. The van der Waals surface area contributed by atoms with Gasteiger partial charge in [-0.1, -0.05) is 23.7 Å². The molecule has 9 nitrogen and oxygen atoms in total. The summed E-state index contributed by atoms with van der Waals surface area (Å²) in [5.74, 6) is 0.0149. The van der Waals surface area contributed by atoms with Crippen LogP contribution in [0.5, 0.6) is 5.75 Å². The average molecular weight is 514 g/mol. The molecule has 192 valence electrons. The number of piperazine rings is 2. The molecule has 2 aliphatic heterocycles. The first kappa shape index (κ1) is 25.8. The number of amides is 3. The van der Waals surface area contributed by atoms with Crippen LogP contribution in [0.25, 0.3) is 0 Å². The maximum absolute atomic E-state index is 13.2. The Morgan fingerprint density at radius 3 is 2.61 bits per heavy atom. The molecule has 0 radical (unpaired) electrons. The molecular formula is C26H32ClN5O4. The Labute approximate surface area is 216 Å². The molecule has 0 bridgehead atoms. The number of hydrogen-bond donors (Lipinski definition) is 2. The third kappa shape index (κ3) is 6.27. The summed E-state index contributed by atoms with van der Waals surface area (Å²) < 4.78 is 5.32. The molecule has 0 saturated carbocycles. The second-order valence-electron chi connectivity index (χ2n) is 9.07. The molecule has 1 atom stereocenters. The van der Waals surface area contributed by atoms with E-state index >= 15 is 0 Å². The van der Waals surface area contributed by atoms with Gasteiger partial charge in [-0.3, -0.25) is 19.3 Å². The quantitative estimate of drug-likeness (QED) is 0.589. The van der Waals surface area contributed by atoms with Gasteiger partial charge in [-0.05, 0) is 36.8 Å². The number of nitrogens with zero attached hydrogens (tertiary/aromatic N) is 3. The first-order valence-corrected chi connectivity index (χ1v) is 12.5. The summed E-state index contributed by atoms with van der Waals surface area (Å²) in [5.41, 5.74) is 2.55. The van der Waals surface area contributed by atoms with E-state index in [0.29, 0.717) is 23.8 Å². The molecule has 0 spiro atoms. The molecule has 2 aliphatic rings. The van der Waals surface area contributed by atoms with Crippen molar-refractivity contribution in [1.29, 1.82) is 0 Å². The first-order valence-electron chi connectivity index (χ1n) is 12.1. The van der Waals surface area contributed by atoms with Crippen LogP contribution >= 0.6 is 11.6 Å². The van der Waals surface area contributed by atoms with Crippen LogP contribution in [-0.4, -0.2) is 86.5 Å². The van der Waals surface area contributed by atoms with E-state index in [1.807, 2.05) is 31.2 Å². The number of anilines is 2. The van der Waals surface area contributed by atoms with E-state index in [4.69, 9.17) is 16.3 Å². The molecule has 2 saturated heterocycles. The molecule has 0 aliphatic carbocycles. The monoisotopic (exact) mass is 513 g/mol. The summed E-state index contributed by atoms with van der Waals surface area (Å²) in [6.07, 6.45) is -0.118. The lowest BCUT2D eigenvalue weighted by atomic mass is 10.1. The smallest absolute Gasteiger partial charge is 0.243 e. The van der Waals surface area contributed by atoms with Gasteiger partial charge in [-0.2, -0.15) is 0 Å². The van der Waals surface area contributed by atoms with E-state index in [-0.39, 0.29) is 30.7 Å². The van der Waals surface area contributed by atoms with Crippen molar-refractivity contribution in [3.05, 3.63) is 53.1 Å². The highest BCUT2D eigenvalue weighted by molar-refractivity contribution is 6.31. The molecule has 0 aromatic heterocycles. The predicted octanol–water partition coefficient (Wildman–Crippen LogP) is 2.13. The topological polar surface area (TPSA) is 94.2 Å². The zero-order valence-corrected chi connectivity index (χ0v) is 21.4. The normalized spacial score (nSPS) is 18.5. The second kappa shape index (κ2) is 11.6. The second-order valence-corrected chi connectivity index (χ2v) is 9.48. The maximum Gasteiger partial charge on any atom is 0.243 e. The van der Waals surface area contributed by atoms with Gasteiger partial charge >= 0.3 is 0 Å². The molecule has 4 rings (SSSR count). The predicted molar refractivity (Wildman–Crippen MR) is 140 cm³/mol. The standard InChI is InChI=1S/C26H32ClN5O4/c1-18-6-7-19(14-22(18)27)29-24(33)16-23-26(35)28-8-9-32(23)25(34)17-30-10-12-31(13-11-30)20-4-3-5-21(15-20)36-2/h3-7,14-15,23H,8-13,16-17H2,1-2H3,(H,28,35)(H,29,33)/t23-/m0/s1. The van der Waals surface area contributed by atoms with Crippen molar-refractivity contribution in [2.75, 3.05) is 63.1 Å². The van der Waals surface area contributed by atoms with Crippen molar-refractivity contribution >= 4 is 40.7 Å². The summed E-state index contributed by atoms with van der Waals surface area (Å²) in [5, 5.41) is 6.10. The van der Waals surface area contributed by atoms with Gasteiger partial charge in [0.25, 0.3) is 0 Å². The fraction of sp³-hybridized carbons (Fsp3) is 0.423. The molecule has 2 aromatic rings. The van der Waals surface area contributed by atoms with E-state index in [2.05, 4.69) is 26.5 Å². The minimum atomic E-state index is -0.842. The SMILES string of the molecule is COc1cccc(N2CCN(CC(=O)N3CCNC(=O)[C@@H]3CC(=O)Nc3ccc(C)c(Cl)c3)CC2)c1. The van der Waals surface area contributed by atoms with Gasteiger partial charge in [-0.15, -0.1) is 0 Å². The van der Waals surface area contributed by atoms with E-state index in [1.165, 1.54) is 4.90 Å². The third-order valence-electron chi connectivity index (χ3n) is 6.64. The summed E-state index contributed by atoms with van der Waals surface area (Å²) in [7, 11) is 1.65. The number of halogens is 1. The zero-order chi connectivity index (χ0) is 25.7. The highest BCUT2D eigenvalue weighted by Gasteiger charge is 2.35. The van der Waals surface area contributed by atoms with Gasteiger partial charge in [0, 0.05) is 61.7 Å². The van der Waals surface area contributed by atoms with Crippen molar-refractivity contribution in [3.63, 3.8) is 0 Å². The van der Waals surface area contributed by atoms with Crippen molar-refractivity contribution in [3.8, 4) is 5.75 Å². The fourth-order valence-electron chi connectivity index (χ4n) is 4.53. The van der Waals surface area contributed by atoms with Crippen LogP contribution in [0.3, 0.4) is 0 Å². The molecule has 2 fully saturated rings. The van der Waals surface area contributed by atoms with E-state index in [0.717, 1.165) is 43.2 Å². The highest BCUT2D eigenvalue weighted by Crippen LogP contribution is 2.23. The Balaban J connectivity index is 1.32. The van der Waals surface area contributed by atoms with E-state index < -0.39 is 6.04 Å². The number of carbonyl (C=O) groups is 3. The first-order chi connectivity index (χ1) is 17.3. The summed E-state index contributed by atoms with van der Waals surface area (Å²) >= 11 is 6.15. The van der Waals surface area contributed by atoms with Crippen LogP contribution in [0, 0.1) is 6.92 Å². The van der Waals surface area contributed by atoms with Crippen molar-refractivity contribution < 1.29 is 19.1 Å². The van der Waals surface area contributed by atoms with Gasteiger partial charge in [0.15, 0.2) is 0 Å². The fourth-order valence-corrected chi connectivity index (χ4v) is 4.71. The molecule has 2 heterocycles. The Bertz CT molecular complexity index is 1120. The molecular weight excluding hydrogens is 482 g/mol. The molecule has 10 heteroatoms. The molecule has 2 N–H and O–H groups in total. The number of carbonyl (C=O) groups excluding carboxylic acids is 3. The summed E-state index contributed by atoms with van der Waals surface area (Å²) in [4.78, 5) is 44.4. The number of benzene rings is 2. The number of methoxy groups -OCH3 is 1. The zero-order valence-electron chi connectivity index (χ0n) is 20.6. The van der Waals surface area contributed by atoms with Crippen LogP contribution in [-0.2, 0) is 14.4 Å². The van der Waals surface area contributed by atoms with Gasteiger partial charge in [0.05, 0.1) is 20.1 Å². The molecule has 3 amide bonds. The number of rotatable bonds is 7. The largest absolute Gasteiger partial charge is 0.497 e. The Hall–Kier alpha value is -3.30. The minimum absolute atomic E-state index is 0.118. The Kier molecular flexibility index (Phi) is 8.32. The van der Waals surface area contributed by atoms with Crippen LogP contribution in [0.1, 0.15) is 12.0 Å². The molecule has 0 unspecified atom stereocenters. The lowest BCUT2D eigenvalue weighted by Gasteiger charge is -2.39. The third-order valence-corrected chi connectivity index (χ3v) is 7.04. The molecule has 36 heavy (non-hydrogen) atoms. The average Bonchev–Trinajstić information content (AvgIpc) is 2.88. The number of nitrogens with one attached hydrogen (secondary N) is 2. The van der Waals surface area contributed by atoms with Crippen molar-refractivity contribution in [2.24, 2.45) is 0 Å². The Morgan fingerprint density at radius 1 is 1.11 bits per heavy atom. The van der Waals surface area contributed by atoms with Crippen molar-refractivity contribution in [1.82, 2.24) is 15.1 Å². The lowest BCUT2D eigenvalue weighted by molar-refractivity contribution is -0.145. The van der Waals surface area contributed by atoms with E-state index in [9.17, 15) is 14.4 Å². The van der Waals surface area contributed by atoms with Gasteiger partial charge < -0.3 is 25.2 Å². The van der Waals surface area contributed by atoms with Crippen LogP contribution in [0.2, 0.25) is 5.02 Å². The van der Waals surface area contributed by atoms with Gasteiger partial charge in [0.1, 0.15) is 11.8 Å². The van der Waals surface area contributed by atoms with Gasteiger partial charge in [0.2, 0.25) is 17.7 Å². The summed E-state index contributed by atoms with van der Waals surface area (Å²) in [6, 6.07) is 12.3. The van der Waals surface area contributed by atoms with E-state index in [1.54, 1.807) is 19.2 Å². The van der Waals surface area contributed by atoms with Crippen molar-refractivity contribution in [2.45, 2.75) is 19.4 Å². The van der Waals surface area contributed by atoms with Crippen LogP contribution in [0.15, 0.2) is 42.5 Å². The minimum Gasteiger partial charge on any atom is -0.497 e. The Morgan fingerprint density at radius 2 is 1.89 bits per heavy atom. The number of aryl methyl sites for hydroxylation is 1. The lowest BCUT2D eigenvalue weighted by Crippen LogP contribution is -2.60. The highest BCUT2D eigenvalue weighted by atomic mass is 35.5.